The predicted molar refractivity (Wildman–Crippen MR) is 72.8 cm³/mol. The minimum atomic E-state index is -0.0365. The molecule has 0 saturated carbocycles. The molecule has 1 heterocycles. The lowest BCUT2D eigenvalue weighted by Crippen LogP contribution is -2.36. The largest absolute Gasteiger partial charge is 0.369 e. The number of carbonyl (C=O) groups excluding carboxylic acids is 1. The van der Waals surface area contributed by atoms with E-state index < -0.39 is 0 Å². The van der Waals surface area contributed by atoms with E-state index in [0.29, 0.717) is 18.9 Å². The van der Waals surface area contributed by atoms with Crippen molar-refractivity contribution in [1.82, 2.24) is 15.3 Å². The number of nitrogens with zero attached hydrogens (tertiary/aromatic N) is 3. The number of anilines is 2. The van der Waals surface area contributed by atoms with Crippen LogP contribution in [0.1, 0.15) is 20.3 Å². The molecule has 100 valence electrons. The molecule has 0 radical (unpaired) electrons. The molecule has 0 aliphatic rings. The van der Waals surface area contributed by atoms with Crippen LogP contribution in [0.2, 0.25) is 0 Å². The van der Waals surface area contributed by atoms with E-state index in [0.717, 1.165) is 18.8 Å². The van der Waals surface area contributed by atoms with Crippen LogP contribution in [-0.2, 0) is 4.79 Å². The minimum absolute atomic E-state index is 0.0365. The zero-order chi connectivity index (χ0) is 13.4. The first kappa shape index (κ1) is 14.2. The molecule has 0 spiro atoms. The van der Waals surface area contributed by atoms with E-state index in [4.69, 9.17) is 0 Å². The first-order valence-electron chi connectivity index (χ1n) is 6.22. The SMILES string of the molecule is CCCNc1cncc(N(CC)CC(=O)NC)n1. The third-order valence-electron chi connectivity index (χ3n) is 2.50. The summed E-state index contributed by atoms with van der Waals surface area (Å²) < 4.78 is 0. The maximum atomic E-state index is 11.4. The van der Waals surface area contributed by atoms with E-state index >= 15 is 0 Å². The maximum absolute atomic E-state index is 11.4. The molecule has 2 N–H and O–H groups in total. The van der Waals surface area contributed by atoms with Gasteiger partial charge in [0.25, 0.3) is 0 Å². The van der Waals surface area contributed by atoms with Crippen molar-refractivity contribution >= 4 is 17.5 Å². The van der Waals surface area contributed by atoms with Gasteiger partial charge in [0, 0.05) is 20.1 Å². The van der Waals surface area contributed by atoms with E-state index in [1.54, 1.807) is 19.4 Å². The number of nitrogens with one attached hydrogen (secondary N) is 2. The monoisotopic (exact) mass is 251 g/mol. The third kappa shape index (κ3) is 4.20. The molecule has 0 aliphatic heterocycles. The summed E-state index contributed by atoms with van der Waals surface area (Å²) in [6, 6.07) is 0. The fourth-order valence-electron chi connectivity index (χ4n) is 1.45. The zero-order valence-corrected chi connectivity index (χ0v) is 11.2. The van der Waals surface area contributed by atoms with E-state index in [-0.39, 0.29) is 5.91 Å². The Balaban J connectivity index is 2.75. The van der Waals surface area contributed by atoms with Crippen molar-refractivity contribution in [3.63, 3.8) is 0 Å². The van der Waals surface area contributed by atoms with Crippen LogP contribution in [0.5, 0.6) is 0 Å². The Hall–Kier alpha value is -1.85. The fourth-order valence-corrected chi connectivity index (χ4v) is 1.45. The Morgan fingerprint density at radius 1 is 1.39 bits per heavy atom. The van der Waals surface area contributed by atoms with Crippen molar-refractivity contribution in [3.8, 4) is 0 Å². The highest BCUT2D eigenvalue weighted by Crippen LogP contribution is 2.11. The van der Waals surface area contributed by atoms with Gasteiger partial charge in [0.2, 0.25) is 5.91 Å². The second kappa shape index (κ2) is 7.47. The van der Waals surface area contributed by atoms with Gasteiger partial charge in [-0.2, -0.15) is 0 Å². The first-order chi connectivity index (χ1) is 8.71. The molecule has 1 aromatic heterocycles. The van der Waals surface area contributed by atoms with Crippen molar-refractivity contribution in [2.75, 3.05) is 36.9 Å². The van der Waals surface area contributed by atoms with E-state index in [1.165, 1.54) is 0 Å². The van der Waals surface area contributed by atoms with Gasteiger partial charge in [0.05, 0.1) is 18.9 Å². The van der Waals surface area contributed by atoms with E-state index in [2.05, 4.69) is 27.5 Å². The number of carbonyl (C=O) groups is 1. The van der Waals surface area contributed by atoms with Crippen LogP contribution in [0.3, 0.4) is 0 Å². The van der Waals surface area contributed by atoms with Crippen LogP contribution in [-0.4, -0.2) is 42.6 Å². The summed E-state index contributed by atoms with van der Waals surface area (Å²) in [5.74, 6) is 1.41. The highest BCUT2D eigenvalue weighted by atomic mass is 16.1. The molecule has 0 atom stereocenters. The van der Waals surface area contributed by atoms with Gasteiger partial charge >= 0.3 is 0 Å². The number of hydrogen-bond donors (Lipinski definition) is 2. The van der Waals surface area contributed by atoms with Crippen LogP contribution in [0.25, 0.3) is 0 Å². The van der Waals surface area contributed by atoms with Gasteiger partial charge in [0.15, 0.2) is 0 Å². The third-order valence-corrected chi connectivity index (χ3v) is 2.50. The number of rotatable bonds is 7. The maximum Gasteiger partial charge on any atom is 0.239 e. The topological polar surface area (TPSA) is 70.2 Å². The van der Waals surface area contributed by atoms with Crippen LogP contribution in [0, 0.1) is 0 Å². The minimum Gasteiger partial charge on any atom is -0.369 e. The van der Waals surface area contributed by atoms with E-state index in [9.17, 15) is 4.79 Å². The van der Waals surface area contributed by atoms with E-state index in [1.807, 2.05) is 11.8 Å². The Morgan fingerprint density at radius 3 is 2.78 bits per heavy atom. The van der Waals surface area contributed by atoms with Crippen LogP contribution >= 0.6 is 0 Å². The summed E-state index contributed by atoms with van der Waals surface area (Å²) in [6.45, 7) is 5.93. The van der Waals surface area contributed by atoms with Gasteiger partial charge in [-0.25, -0.2) is 4.98 Å². The molecule has 6 heteroatoms. The van der Waals surface area contributed by atoms with Gasteiger partial charge in [0.1, 0.15) is 11.6 Å². The number of aromatic nitrogens is 2. The first-order valence-corrected chi connectivity index (χ1v) is 6.22. The fraction of sp³-hybridized carbons (Fsp3) is 0.583. The molecule has 1 aromatic rings. The van der Waals surface area contributed by atoms with Crippen molar-refractivity contribution in [2.24, 2.45) is 0 Å². The Bertz CT molecular complexity index is 382. The van der Waals surface area contributed by atoms with Gasteiger partial charge in [-0.3, -0.25) is 9.78 Å². The number of likely N-dealkylation sites (N-methyl/N-ethyl adjacent to an activating group) is 2. The Kier molecular flexibility index (Phi) is 5.90. The normalized spacial score (nSPS) is 9.94. The molecule has 0 aromatic carbocycles. The second-order valence-electron chi connectivity index (χ2n) is 3.88. The molecule has 0 bridgehead atoms. The zero-order valence-electron chi connectivity index (χ0n) is 11.2. The lowest BCUT2D eigenvalue weighted by atomic mass is 10.4. The van der Waals surface area contributed by atoms with Gasteiger partial charge < -0.3 is 15.5 Å². The molecule has 0 aliphatic carbocycles. The number of amides is 1. The standard InChI is InChI=1S/C12H21N5O/c1-4-6-15-10-7-14-8-11(16-10)17(5-2)9-12(18)13-3/h7-8H,4-6,9H2,1-3H3,(H,13,18)(H,15,16). The molecular weight excluding hydrogens is 230 g/mol. The molecule has 0 saturated heterocycles. The highest BCUT2D eigenvalue weighted by Gasteiger charge is 2.10. The smallest absolute Gasteiger partial charge is 0.239 e. The van der Waals surface area contributed by atoms with Crippen LogP contribution in [0.15, 0.2) is 12.4 Å². The predicted octanol–water partition coefficient (Wildman–Crippen LogP) is 0.871. The lowest BCUT2D eigenvalue weighted by Gasteiger charge is -2.20. The second-order valence-corrected chi connectivity index (χ2v) is 3.88. The molecule has 0 fully saturated rings. The highest BCUT2D eigenvalue weighted by molar-refractivity contribution is 5.80. The van der Waals surface area contributed by atoms with Crippen molar-refractivity contribution in [1.29, 1.82) is 0 Å². The van der Waals surface area contributed by atoms with Gasteiger partial charge in [-0.15, -0.1) is 0 Å². The molecule has 6 nitrogen and oxygen atoms in total. The number of hydrogen-bond acceptors (Lipinski definition) is 5. The average molecular weight is 251 g/mol. The summed E-state index contributed by atoms with van der Waals surface area (Å²) in [5, 5.41) is 5.78. The van der Waals surface area contributed by atoms with Crippen molar-refractivity contribution in [2.45, 2.75) is 20.3 Å². The quantitative estimate of drug-likeness (QED) is 0.752. The summed E-state index contributed by atoms with van der Waals surface area (Å²) >= 11 is 0. The molecule has 18 heavy (non-hydrogen) atoms. The Labute approximate surface area is 108 Å². The van der Waals surface area contributed by atoms with Crippen molar-refractivity contribution < 1.29 is 4.79 Å². The molecule has 1 amide bonds. The lowest BCUT2D eigenvalue weighted by molar-refractivity contribution is -0.119. The summed E-state index contributed by atoms with van der Waals surface area (Å²) in [6.07, 6.45) is 4.39. The Morgan fingerprint density at radius 2 is 2.17 bits per heavy atom. The summed E-state index contributed by atoms with van der Waals surface area (Å²) in [4.78, 5) is 21.9. The molecule has 0 unspecified atom stereocenters. The molecule has 1 rings (SSSR count). The van der Waals surface area contributed by atoms with Crippen LogP contribution in [0.4, 0.5) is 11.6 Å². The average Bonchev–Trinajstić information content (AvgIpc) is 2.42. The van der Waals surface area contributed by atoms with Crippen LogP contribution < -0.4 is 15.5 Å². The summed E-state index contributed by atoms with van der Waals surface area (Å²) in [7, 11) is 1.63. The van der Waals surface area contributed by atoms with Crippen molar-refractivity contribution in [3.05, 3.63) is 12.4 Å². The van der Waals surface area contributed by atoms with Gasteiger partial charge in [-0.05, 0) is 13.3 Å². The summed E-state index contributed by atoms with van der Waals surface area (Å²) in [5.41, 5.74) is 0. The molecular formula is C12H21N5O. The van der Waals surface area contributed by atoms with Gasteiger partial charge in [-0.1, -0.05) is 6.92 Å².